The SMILES string of the molecule is CNC(=O)C[C@]1(COC)CN(C(=O)c2cccc3ncccc23)CCO1. The highest BCUT2D eigenvalue weighted by Gasteiger charge is 2.40. The maximum Gasteiger partial charge on any atom is 0.254 e. The van der Waals surface area contributed by atoms with Gasteiger partial charge in [-0.2, -0.15) is 0 Å². The minimum atomic E-state index is -0.842. The maximum atomic E-state index is 13.2. The molecule has 1 N–H and O–H groups in total. The molecule has 1 saturated heterocycles. The van der Waals surface area contributed by atoms with Crippen LogP contribution >= 0.6 is 0 Å². The van der Waals surface area contributed by atoms with Crippen molar-refractivity contribution >= 4 is 22.7 Å². The van der Waals surface area contributed by atoms with E-state index in [-0.39, 0.29) is 24.8 Å². The summed E-state index contributed by atoms with van der Waals surface area (Å²) in [4.78, 5) is 31.1. The molecule has 0 unspecified atom stereocenters. The molecule has 0 spiro atoms. The number of fused-ring (bicyclic) bond motifs is 1. The fraction of sp³-hybridized carbons (Fsp3) is 0.421. The first-order chi connectivity index (χ1) is 12.6. The first-order valence-corrected chi connectivity index (χ1v) is 8.55. The number of benzene rings is 1. The number of pyridine rings is 1. The van der Waals surface area contributed by atoms with Gasteiger partial charge in [0.2, 0.25) is 5.91 Å². The van der Waals surface area contributed by atoms with Gasteiger partial charge in [-0.3, -0.25) is 14.6 Å². The molecule has 2 heterocycles. The third-order valence-corrected chi connectivity index (χ3v) is 4.58. The minimum Gasteiger partial charge on any atom is -0.382 e. The van der Waals surface area contributed by atoms with E-state index in [0.29, 0.717) is 25.3 Å². The van der Waals surface area contributed by atoms with Gasteiger partial charge in [0, 0.05) is 37.8 Å². The zero-order valence-corrected chi connectivity index (χ0v) is 15.0. The molecule has 1 aliphatic heterocycles. The third-order valence-electron chi connectivity index (χ3n) is 4.58. The number of morpholine rings is 1. The molecule has 0 saturated carbocycles. The lowest BCUT2D eigenvalue weighted by Gasteiger charge is -2.42. The molecular weight excluding hydrogens is 334 g/mol. The Balaban J connectivity index is 1.88. The molecule has 0 bridgehead atoms. The lowest BCUT2D eigenvalue weighted by molar-refractivity contribution is -0.150. The average molecular weight is 357 g/mol. The number of hydrogen-bond acceptors (Lipinski definition) is 5. The topological polar surface area (TPSA) is 80.8 Å². The predicted molar refractivity (Wildman–Crippen MR) is 96.9 cm³/mol. The Hall–Kier alpha value is -2.51. The van der Waals surface area contributed by atoms with Crippen molar-refractivity contribution in [3.8, 4) is 0 Å². The van der Waals surface area contributed by atoms with Gasteiger partial charge in [-0.15, -0.1) is 0 Å². The molecule has 1 atom stereocenters. The maximum absolute atomic E-state index is 13.2. The molecule has 2 amide bonds. The van der Waals surface area contributed by atoms with Crippen LogP contribution in [0.3, 0.4) is 0 Å². The summed E-state index contributed by atoms with van der Waals surface area (Å²) >= 11 is 0. The molecule has 26 heavy (non-hydrogen) atoms. The van der Waals surface area contributed by atoms with Crippen molar-refractivity contribution in [2.45, 2.75) is 12.0 Å². The van der Waals surface area contributed by atoms with Crippen molar-refractivity contribution in [2.75, 3.05) is 40.5 Å². The van der Waals surface area contributed by atoms with Crippen molar-refractivity contribution in [1.82, 2.24) is 15.2 Å². The highest BCUT2D eigenvalue weighted by atomic mass is 16.5. The Morgan fingerprint density at radius 1 is 1.35 bits per heavy atom. The second-order valence-electron chi connectivity index (χ2n) is 6.42. The molecule has 1 aromatic carbocycles. The molecule has 0 aliphatic carbocycles. The molecule has 138 valence electrons. The third kappa shape index (κ3) is 3.68. The van der Waals surface area contributed by atoms with Crippen molar-refractivity contribution < 1.29 is 19.1 Å². The molecule has 7 nitrogen and oxygen atoms in total. The van der Waals surface area contributed by atoms with Gasteiger partial charge in [0.05, 0.1) is 31.7 Å². The smallest absolute Gasteiger partial charge is 0.254 e. The normalized spacial score (nSPS) is 20.2. The zero-order chi connectivity index (χ0) is 18.6. The van der Waals surface area contributed by atoms with E-state index in [0.717, 1.165) is 10.9 Å². The molecule has 1 fully saturated rings. The van der Waals surface area contributed by atoms with Gasteiger partial charge in [0.1, 0.15) is 5.60 Å². The van der Waals surface area contributed by atoms with Crippen LogP contribution in [-0.4, -0.2) is 67.8 Å². The van der Waals surface area contributed by atoms with Crippen LogP contribution in [0.15, 0.2) is 36.5 Å². The van der Waals surface area contributed by atoms with Gasteiger partial charge < -0.3 is 19.7 Å². The fourth-order valence-electron chi connectivity index (χ4n) is 3.37. The van der Waals surface area contributed by atoms with Gasteiger partial charge in [0.25, 0.3) is 5.91 Å². The van der Waals surface area contributed by atoms with E-state index in [4.69, 9.17) is 9.47 Å². The number of nitrogens with zero attached hydrogens (tertiary/aromatic N) is 2. The van der Waals surface area contributed by atoms with Gasteiger partial charge in [-0.1, -0.05) is 12.1 Å². The summed E-state index contributed by atoms with van der Waals surface area (Å²) in [6.07, 6.45) is 1.84. The number of aromatic nitrogens is 1. The second kappa shape index (κ2) is 7.80. The molecule has 2 aromatic rings. The van der Waals surface area contributed by atoms with Crippen LogP contribution in [0.4, 0.5) is 0 Å². The van der Waals surface area contributed by atoms with Crippen LogP contribution in [0.5, 0.6) is 0 Å². The molecule has 7 heteroatoms. The molecule has 1 aliphatic rings. The number of ether oxygens (including phenoxy) is 2. The number of nitrogens with one attached hydrogen (secondary N) is 1. The number of carbonyl (C=O) groups is 2. The number of amides is 2. The largest absolute Gasteiger partial charge is 0.382 e. The summed E-state index contributed by atoms with van der Waals surface area (Å²) in [5, 5.41) is 3.42. The second-order valence-corrected chi connectivity index (χ2v) is 6.42. The van der Waals surface area contributed by atoms with Crippen molar-refractivity contribution in [3.63, 3.8) is 0 Å². The van der Waals surface area contributed by atoms with E-state index in [1.165, 1.54) is 0 Å². The monoisotopic (exact) mass is 357 g/mol. The van der Waals surface area contributed by atoms with Gasteiger partial charge in [-0.25, -0.2) is 0 Å². The molecule has 0 radical (unpaired) electrons. The lowest BCUT2D eigenvalue weighted by Crippen LogP contribution is -2.57. The van der Waals surface area contributed by atoms with E-state index >= 15 is 0 Å². The summed E-state index contributed by atoms with van der Waals surface area (Å²) in [6.45, 7) is 1.36. The van der Waals surface area contributed by atoms with Crippen molar-refractivity contribution in [2.24, 2.45) is 0 Å². The highest BCUT2D eigenvalue weighted by Crippen LogP contribution is 2.26. The van der Waals surface area contributed by atoms with Gasteiger partial charge >= 0.3 is 0 Å². The van der Waals surface area contributed by atoms with E-state index in [1.54, 1.807) is 31.3 Å². The minimum absolute atomic E-state index is 0.0933. The zero-order valence-electron chi connectivity index (χ0n) is 15.0. The summed E-state index contributed by atoms with van der Waals surface area (Å²) in [5.41, 5.74) is 0.537. The van der Waals surface area contributed by atoms with Crippen molar-refractivity contribution in [3.05, 3.63) is 42.1 Å². The van der Waals surface area contributed by atoms with Crippen LogP contribution in [-0.2, 0) is 14.3 Å². The first-order valence-electron chi connectivity index (χ1n) is 8.55. The Morgan fingerprint density at radius 2 is 2.19 bits per heavy atom. The molecule has 1 aromatic heterocycles. The Labute approximate surface area is 152 Å². The number of carbonyl (C=O) groups excluding carboxylic acids is 2. The van der Waals surface area contributed by atoms with Gasteiger partial charge in [-0.05, 0) is 18.2 Å². The lowest BCUT2D eigenvalue weighted by atomic mass is 9.96. The van der Waals surface area contributed by atoms with E-state index < -0.39 is 5.60 Å². The number of rotatable bonds is 5. The Kier molecular flexibility index (Phi) is 5.49. The van der Waals surface area contributed by atoms with Crippen molar-refractivity contribution in [1.29, 1.82) is 0 Å². The summed E-state index contributed by atoms with van der Waals surface area (Å²) in [5.74, 6) is -0.241. The Bertz CT molecular complexity index is 801. The van der Waals surface area contributed by atoms with E-state index in [1.807, 2.05) is 24.3 Å². The number of methoxy groups -OCH3 is 1. The molecular formula is C19H23N3O4. The van der Waals surface area contributed by atoms with Gasteiger partial charge in [0.15, 0.2) is 0 Å². The quantitative estimate of drug-likeness (QED) is 0.870. The summed E-state index contributed by atoms with van der Waals surface area (Å²) in [6, 6.07) is 9.23. The summed E-state index contributed by atoms with van der Waals surface area (Å²) < 4.78 is 11.2. The van der Waals surface area contributed by atoms with E-state index in [2.05, 4.69) is 10.3 Å². The summed E-state index contributed by atoms with van der Waals surface area (Å²) in [7, 11) is 3.14. The van der Waals surface area contributed by atoms with Crippen LogP contribution in [0.25, 0.3) is 10.9 Å². The van der Waals surface area contributed by atoms with Crippen LogP contribution in [0.2, 0.25) is 0 Å². The standard InChI is InChI=1S/C19H23N3O4/c1-20-17(23)11-19(13-25-2)12-22(9-10-26-19)18(24)15-5-3-7-16-14(15)6-4-8-21-16/h3-8H,9-13H2,1-2H3,(H,20,23)/t19-/m1/s1. The van der Waals surface area contributed by atoms with Crippen LogP contribution < -0.4 is 5.32 Å². The molecule has 3 rings (SSSR count). The predicted octanol–water partition coefficient (Wildman–Crippen LogP) is 1.23. The fourth-order valence-corrected chi connectivity index (χ4v) is 3.37. The van der Waals surface area contributed by atoms with Crippen LogP contribution in [0, 0.1) is 0 Å². The first kappa shape index (κ1) is 18.3. The Morgan fingerprint density at radius 3 is 2.96 bits per heavy atom. The van der Waals surface area contributed by atoms with E-state index in [9.17, 15) is 9.59 Å². The average Bonchev–Trinajstić information content (AvgIpc) is 2.67. The van der Waals surface area contributed by atoms with Crippen LogP contribution in [0.1, 0.15) is 16.8 Å². The highest BCUT2D eigenvalue weighted by molar-refractivity contribution is 6.06. The number of hydrogen-bond donors (Lipinski definition) is 1.